The van der Waals surface area contributed by atoms with E-state index in [4.69, 9.17) is 0 Å². The van der Waals surface area contributed by atoms with Crippen LogP contribution in [0, 0.1) is 0 Å². The van der Waals surface area contributed by atoms with Gasteiger partial charge in [0.2, 0.25) is 0 Å². The number of hydrogen-bond acceptors (Lipinski definition) is 5. The summed E-state index contributed by atoms with van der Waals surface area (Å²) < 4.78 is 1.04. The van der Waals surface area contributed by atoms with Crippen molar-refractivity contribution in [3.63, 3.8) is 0 Å². The van der Waals surface area contributed by atoms with E-state index in [2.05, 4.69) is 43.0 Å². The number of hydrogen-bond donors (Lipinski definition) is 1. The van der Waals surface area contributed by atoms with Crippen molar-refractivity contribution in [2.24, 2.45) is 0 Å². The quantitative estimate of drug-likeness (QED) is 0.433. The Balaban J connectivity index is 1.34. The fraction of sp³-hybridized carbons (Fsp3) is 0.150. The SMILES string of the molecule is O=C(c1csc(-c2cc(Br)cs2)n1)N1CC=C(c2c[nH]c3ncccc23)CC1. The number of aromatic amines is 1. The number of carbonyl (C=O) groups is 1. The highest BCUT2D eigenvalue weighted by Crippen LogP contribution is 2.33. The highest BCUT2D eigenvalue weighted by atomic mass is 79.9. The Morgan fingerprint density at radius 1 is 1.29 bits per heavy atom. The third kappa shape index (κ3) is 3.21. The lowest BCUT2D eigenvalue weighted by molar-refractivity contribution is 0.0768. The van der Waals surface area contributed by atoms with Gasteiger partial charge in [0.05, 0.1) is 4.88 Å². The van der Waals surface area contributed by atoms with Gasteiger partial charge in [-0.2, -0.15) is 0 Å². The number of thiazole rings is 1. The van der Waals surface area contributed by atoms with Gasteiger partial charge in [0, 0.05) is 51.7 Å². The highest BCUT2D eigenvalue weighted by molar-refractivity contribution is 9.10. The summed E-state index contributed by atoms with van der Waals surface area (Å²) in [5, 5.41) is 5.89. The molecule has 0 saturated heterocycles. The number of fused-ring (bicyclic) bond motifs is 1. The van der Waals surface area contributed by atoms with E-state index in [0.717, 1.165) is 31.8 Å². The standard InChI is InChI=1S/C20H15BrN4OS2/c21-13-8-17(27-10-13)19-24-16(11-28-19)20(26)25-6-3-12(4-7-25)15-9-23-18-14(15)2-1-5-22-18/h1-3,5,8-11H,4,6-7H2,(H,22,23). The van der Waals surface area contributed by atoms with Crippen LogP contribution in [0.25, 0.3) is 26.5 Å². The zero-order valence-electron chi connectivity index (χ0n) is 14.7. The normalized spacial score (nSPS) is 14.5. The minimum absolute atomic E-state index is 0.00554. The Morgan fingerprint density at radius 3 is 3.00 bits per heavy atom. The van der Waals surface area contributed by atoms with Gasteiger partial charge >= 0.3 is 0 Å². The molecule has 0 atom stereocenters. The summed E-state index contributed by atoms with van der Waals surface area (Å²) in [6.45, 7) is 1.29. The largest absolute Gasteiger partial charge is 0.346 e. The Kier molecular flexibility index (Phi) is 4.62. The average molecular weight is 471 g/mol. The predicted octanol–water partition coefficient (Wildman–Crippen LogP) is 5.44. The van der Waals surface area contributed by atoms with Gasteiger partial charge in [-0.1, -0.05) is 6.08 Å². The van der Waals surface area contributed by atoms with Crippen LogP contribution < -0.4 is 0 Å². The number of nitrogens with zero attached hydrogens (tertiary/aromatic N) is 3. The van der Waals surface area contributed by atoms with E-state index in [1.807, 2.05) is 34.0 Å². The van der Waals surface area contributed by atoms with Crippen LogP contribution in [-0.4, -0.2) is 38.8 Å². The molecule has 5 heterocycles. The van der Waals surface area contributed by atoms with Crippen molar-refractivity contribution in [2.45, 2.75) is 6.42 Å². The summed E-state index contributed by atoms with van der Waals surface area (Å²) in [5.41, 5.74) is 3.85. The van der Waals surface area contributed by atoms with E-state index in [1.54, 1.807) is 17.5 Å². The van der Waals surface area contributed by atoms with Crippen LogP contribution in [0.4, 0.5) is 0 Å². The van der Waals surface area contributed by atoms with E-state index in [0.29, 0.717) is 18.8 Å². The van der Waals surface area contributed by atoms with Crippen molar-refractivity contribution in [3.05, 3.63) is 63.2 Å². The molecule has 0 aliphatic carbocycles. The molecule has 5 nitrogen and oxygen atoms in total. The summed E-state index contributed by atoms with van der Waals surface area (Å²) in [6, 6.07) is 6.06. The topological polar surface area (TPSA) is 61.9 Å². The number of nitrogens with one attached hydrogen (secondary N) is 1. The summed E-state index contributed by atoms with van der Waals surface area (Å²) >= 11 is 6.60. The Bertz CT molecular complexity index is 1210. The molecule has 28 heavy (non-hydrogen) atoms. The number of rotatable bonds is 3. The van der Waals surface area contributed by atoms with Crippen LogP contribution in [-0.2, 0) is 0 Å². The Morgan fingerprint density at radius 2 is 2.21 bits per heavy atom. The minimum atomic E-state index is -0.00554. The van der Waals surface area contributed by atoms with Gasteiger partial charge in [-0.3, -0.25) is 4.79 Å². The smallest absolute Gasteiger partial charge is 0.273 e. The molecule has 0 aromatic carbocycles. The minimum Gasteiger partial charge on any atom is -0.346 e. The number of carbonyl (C=O) groups excluding carboxylic acids is 1. The van der Waals surface area contributed by atoms with Crippen molar-refractivity contribution in [1.82, 2.24) is 19.9 Å². The van der Waals surface area contributed by atoms with Gasteiger partial charge in [0.15, 0.2) is 0 Å². The van der Waals surface area contributed by atoms with Crippen molar-refractivity contribution in [1.29, 1.82) is 0 Å². The molecule has 1 amide bonds. The molecule has 0 fully saturated rings. The van der Waals surface area contributed by atoms with Crippen LogP contribution in [0.3, 0.4) is 0 Å². The van der Waals surface area contributed by atoms with E-state index in [-0.39, 0.29) is 5.91 Å². The molecule has 1 N–H and O–H groups in total. The van der Waals surface area contributed by atoms with Crippen molar-refractivity contribution in [3.8, 4) is 9.88 Å². The number of pyridine rings is 1. The fourth-order valence-electron chi connectivity index (χ4n) is 3.39. The number of amides is 1. The lowest BCUT2D eigenvalue weighted by Crippen LogP contribution is -2.34. The first kappa shape index (κ1) is 17.8. The second kappa shape index (κ2) is 7.27. The van der Waals surface area contributed by atoms with Gasteiger partial charge in [-0.05, 0) is 46.1 Å². The van der Waals surface area contributed by atoms with E-state index < -0.39 is 0 Å². The highest BCUT2D eigenvalue weighted by Gasteiger charge is 2.23. The lowest BCUT2D eigenvalue weighted by Gasteiger charge is -2.25. The molecule has 0 spiro atoms. The summed E-state index contributed by atoms with van der Waals surface area (Å²) in [7, 11) is 0. The first-order valence-electron chi connectivity index (χ1n) is 8.80. The summed E-state index contributed by atoms with van der Waals surface area (Å²) in [4.78, 5) is 27.9. The maximum absolute atomic E-state index is 12.9. The molecular weight excluding hydrogens is 456 g/mol. The fourth-order valence-corrected chi connectivity index (χ4v) is 5.69. The number of thiophene rings is 1. The molecule has 5 rings (SSSR count). The zero-order valence-corrected chi connectivity index (χ0v) is 17.9. The Labute approximate surface area is 177 Å². The van der Waals surface area contributed by atoms with E-state index in [1.165, 1.54) is 22.5 Å². The summed E-state index contributed by atoms with van der Waals surface area (Å²) in [5.74, 6) is -0.00554. The first-order valence-corrected chi connectivity index (χ1v) is 11.3. The summed E-state index contributed by atoms with van der Waals surface area (Å²) in [6.07, 6.45) is 6.76. The van der Waals surface area contributed by atoms with Gasteiger partial charge in [-0.15, -0.1) is 22.7 Å². The van der Waals surface area contributed by atoms with Crippen LogP contribution in [0.2, 0.25) is 0 Å². The van der Waals surface area contributed by atoms with Gasteiger partial charge < -0.3 is 9.88 Å². The molecule has 140 valence electrons. The average Bonchev–Trinajstić information content (AvgIpc) is 3.46. The second-order valence-corrected chi connectivity index (χ2v) is 9.18. The molecular formula is C20H15BrN4OS2. The van der Waals surface area contributed by atoms with E-state index >= 15 is 0 Å². The number of halogens is 1. The monoisotopic (exact) mass is 470 g/mol. The molecule has 4 aromatic rings. The number of aromatic nitrogens is 3. The first-order chi connectivity index (χ1) is 13.7. The lowest BCUT2D eigenvalue weighted by atomic mass is 9.99. The molecule has 0 unspecified atom stereocenters. The zero-order chi connectivity index (χ0) is 19.1. The van der Waals surface area contributed by atoms with Gasteiger partial charge in [-0.25, -0.2) is 9.97 Å². The molecule has 0 saturated carbocycles. The predicted molar refractivity (Wildman–Crippen MR) is 118 cm³/mol. The van der Waals surface area contributed by atoms with Gasteiger partial charge in [0.25, 0.3) is 5.91 Å². The van der Waals surface area contributed by atoms with Crippen LogP contribution in [0.1, 0.15) is 22.5 Å². The molecule has 4 aromatic heterocycles. The molecule has 8 heteroatoms. The molecule has 0 radical (unpaired) electrons. The van der Waals surface area contributed by atoms with Crippen molar-refractivity contribution >= 4 is 61.1 Å². The third-order valence-corrected chi connectivity index (χ3v) is 7.50. The molecule has 0 bridgehead atoms. The maximum Gasteiger partial charge on any atom is 0.273 e. The van der Waals surface area contributed by atoms with Crippen molar-refractivity contribution in [2.75, 3.05) is 13.1 Å². The van der Waals surface area contributed by atoms with Crippen LogP contribution >= 0.6 is 38.6 Å². The van der Waals surface area contributed by atoms with Crippen molar-refractivity contribution < 1.29 is 4.79 Å². The van der Waals surface area contributed by atoms with Crippen LogP contribution in [0.5, 0.6) is 0 Å². The van der Waals surface area contributed by atoms with E-state index in [9.17, 15) is 4.79 Å². The Hall–Kier alpha value is -2.29. The second-order valence-electron chi connectivity index (χ2n) is 6.50. The van der Waals surface area contributed by atoms with Crippen LogP contribution in [0.15, 0.2) is 51.9 Å². The maximum atomic E-state index is 12.9. The van der Waals surface area contributed by atoms with Gasteiger partial charge in [0.1, 0.15) is 16.3 Å². The molecule has 1 aliphatic heterocycles. The number of H-pyrrole nitrogens is 1. The third-order valence-electron chi connectivity index (χ3n) is 4.79. The molecule has 1 aliphatic rings.